The third kappa shape index (κ3) is 4.11. The van der Waals surface area contributed by atoms with Gasteiger partial charge in [-0.15, -0.1) is 0 Å². The van der Waals surface area contributed by atoms with Gasteiger partial charge >= 0.3 is 0 Å². The molecule has 0 unspecified atom stereocenters. The van der Waals surface area contributed by atoms with Crippen molar-refractivity contribution in [2.45, 2.75) is 0 Å². The van der Waals surface area contributed by atoms with E-state index < -0.39 is 0 Å². The van der Waals surface area contributed by atoms with Crippen LogP contribution in [0.2, 0.25) is 0 Å². The zero-order valence-corrected chi connectivity index (χ0v) is 23.5. The Morgan fingerprint density at radius 3 is 2.11 bits per heavy atom. The van der Waals surface area contributed by atoms with E-state index in [2.05, 4.69) is 59.6 Å². The highest BCUT2D eigenvalue weighted by Crippen LogP contribution is 2.37. The number of pyridine rings is 2. The van der Waals surface area contributed by atoms with Gasteiger partial charge in [0.2, 0.25) is 5.88 Å². The first-order chi connectivity index (χ1) is 21.8. The van der Waals surface area contributed by atoms with Gasteiger partial charge in [-0.25, -0.2) is 4.98 Å². The van der Waals surface area contributed by atoms with E-state index in [1.807, 2.05) is 79.0 Å². The molecule has 0 saturated carbocycles. The van der Waals surface area contributed by atoms with E-state index in [1.165, 1.54) is 0 Å². The van der Waals surface area contributed by atoms with Crippen molar-refractivity contribution >= 4 is 33.9 Å². The van der Waals surface area contributed by atoms with Crippen molar-refractivity contribution in [3.05, 3.63) is 140 Å². The molecule has 4 heterocycles. The smallest absolute Gasteiger partial charge is 0.260 e. The molecule has 0 atom stereocenters. The number of nitrogens with zero attached hydrogens (tertiary/aromatic N) is 2. The highest BCUT2D eigenvalue weighted by molar-refractivity contribution is 6.98. The number of ether oxygens (including phenoxy) is 3. The summed E-state index contributed by atoms with van der Waals surface area (Å²) in [5.41, 5.74) is 7.18. The maximum Gasteiger partial charge on any atom is 0.260 e. The molecule has 2 aromatic heterocycles. The van der Waals surface area contributed by atoms with Crippen LogP contribution in [0.25, 0.3) is 33.2 Å². The topological polar surface area (TPSA) is 53.5 Å². The fourth-order valence-corrected chi connectivity index (χ4v) is 6.27. The van der Waals surface area contributed by atoms with E-state index in [0.717, 1.165) is 72.5 Å². The third-order valence-electron chi connectivity index (χ3n) is 8.36. The summed E-state index contributed by atoms with van der Waals surface area (Å²) in [6.45, 7) is -0.110. The van der Waals surface area contributed by atoms with Gasteiger partial charge in [0.05, 0.1) is 5.69 Å². The molecule has 0 bridgehead atoms. The molecular weight excluding hydrogens is 543 g/mol. The van der Waals surface area contributed by atoms with Crippen LogP contribution in [0.1, 0.15) is 0 Å². The van der Waals surface area contributed by atoms with E-state index in [0.29, 0.717) is 11.6 Å². The van der Waals surface area contributed by atoms with Crippen molar-refractivity contribution in [1.82, 2.24) is 9.97 Å². The standard InChI is InChI=1S/C38H23BN2O3/c1-2-7-24(8-3-1)26-17-18-40-37(21-26)42-29-14-16-34-31(22-29)39-30-19-27(32-20-25-9-4-5-10-28(25)23-41-32)13-15-33(30)43-35-11-6-12-36(44-34)38(35)39/h1-23H. The Balaban J connectivity index is 1.14. The first-order valence-corrected chi connectivity index (χ1v) is 14.6. The predicted octanol–water partition coefficient (Wildman–Crippen LogP) is 7.48. The lowest BCUT2D eigenvalue weighted by Crippen LogP contribution is -2.57. The van der Waals surface area contributed by atoms with E-state index in [1.54, 1.807) is 6.20 Å². The second kappa shape index (κ2) is 9.85. The molecular formula is C38H23BN2O3. The van der Waals surface area contributed by atoms with Gasteiger partial charge in [0.25, 0.3) is 6.71 Å². The highest BCUT2D eigenvalue weighted by atomic mass is 16.5. The summed E-state index contributed by atoms with van der Waals surface area (Å²) in [5.74, 6) is 4.42. The molecule has 5 aromatic carbocycles. The minimum Gasteiger partial charge on any atom is -0.458 e. The van der Waals surface area contributed by atoms with Gasteiger partial charge in [-0.3, -0.25) is 4.98 Å². The summed E-state index contributed by atoms with van der Waals surface area (Å²) in [7, 11) is 0. The SMILES string of the molecule is c1ccc(-c2ccnc(Oc3ccc4c(c3)B3c5cc(-c6cc7ccccc7cn6)ccc5Oc5cccc(c53)O4)c2)cc1. The molecule has 2 aliphatic heterocycles. The Bertz CT molecular complexity index is 2220. The number of hydrogen-bond acceptors (Lipinski definition) is 5. The normalized spacial score (nSPS) is 12.4. The predicted molar refractivity (Wildman–Crippen MR) is 175 cm³/mol. The van der Waals surface area contributed by atoms with Gasteiger partial charge in [0.1, 0.15) is 28.7 Å². The van der Waals surface area contributed by atoms with Gasteiger partial charge in [0.15, 0.2) is 0 Å². The van der Waals surface area contributed by atoms with Crippen molar-refractivity contribution in [2.24, 2.45) is 0 Å². The van der Waals surface area contributed by atoms with Crippen LogP contribution in [0.4, 0.5) is 0 Å². The number of hydrogen-bond donors (Lipinski definition) is 0. The van der Waals surface area contributed by atoms with Crippen LogP contribution in [-0.4, -0.2) is 16.7 Å². The monoisotopic (exact) mass is 566 g/mol. The van der Waals surface area contributed by atoms with Crippen LogP contribution in [0.3, 0.4) is 0 Å². The van der Waals surface area contributed by atoms with Crippen LogP contribution in [-0.2, 0) is 0 Å². The molecule has 0 radical (unpaired) electrons. The molecule has 0 saturated heterocycles. The molecule has 206 valence electrons. The van der Waals surface area contributed by atoms with Crippen molar-refractivity contribution in [3.63, 3.8) is 0 Å². The fraction of sp³-hybridized carbons (Fsp3) is 0. The molecule has 0 fully saturated rings. The van der Waals surface area contributed by atoms with Crippen LogP contribution >= 0.6 is 0 Å². The molecule has 6 heteroatoms. The summed E-state index contributed by atoms with van der Waals surface area (Å²) in [6.07, 6.45) is 3.71. The lowest BCUT2D eigenvalue weighted by molar-refractivity contribution is 0.454. The van der Waals surface area contributed by atoms with Crippen molar-refractivity contribution in [1.29, 1.82) is 0 Å². The summed E-state index contributed by atoms with van der Waals surface area (Å²) in [4.78, 5) is 9.29. The number of fused-ring (bicyclic) bond motifs is 5. The van der Waals surface area contributed by atoms with Gasteiger partial charge in [0, 0.05) is 29.3 Å². The summed E-state index contributed by atoms with van der Waals surface area (Å²) < 4.78 is 19.2. The summed E-state index contributed by atoms with van der Waals surface area (Å²) in [5, 5.41) is 2.27. The summed E-state index contributed by atoms with van der Waals surface area (Å²) >= 11 is 0. The Morgan fingerprint density at radius 2 is 1.27 bits per heavy atom. The average molecular weight is 566 g/mol. The van der Waals surface area contributed by atoms with Gasteiger partial charge in [-0.2, -0.15) is 0 Å². The Morgan fingerprint density at radius 1 is 0.523 bits per heavy atom. The maximum atomic E-state index is 6.44. The van der Waals surface area contributed by atoms with Gasteiger partial charge in [-0.05, 0) is 87.6 Å². The zero-order chi connectivity index (χ0) is 29.0. The lowest BCUT2D eigenvalue weighted by Gasteiger charge is -2.33. The second-order valence-electron chi connectivity index (χ2n) is 11.0. The molecule has 2 aliphatic rings. The van der Waals surface area contributed by atoms with E-state index >= 15 is 0 Å². The Hall–Kier alpha value is -5.88. The molecule has 9 rings (SSSR count). The van der Waals surface area contributed by atoms with Gasteiger partial charge < -0.3 is 14.2 Å². The first kappa shape index (κ1) is 24.7. The molecule has 5 nitrogen and oxygen atoms in total. The maximum absolute atomic E-state index is 6.44. The Labute approximate surface area is 254 Å². The van der Waals surface area contributed by atoms with Crippen LogP contribution in [0, 0.1) is 0 Å². The number of rotatable bonds is 4. The molecule has 0 amide bonds. The van der Waals surface area contributed by atoms with E-state index in [-0.39, 0.29) is 6.71 Å². The summed E-state index contributed by atoms with van der Waals surface area (Å²) in [6, 6.07) is 42.9. The van der Waals surface area contributed by atoms with E-state index in [4.69, 9.17) is 19.2 Å². The third-order valence-corrected chi connectivity index (χ3v) is 8.36. The first-order valence-electron chi connectivity index (χ1n) is 14.6. The van der Waals surface area contributed by atoms with Crippen molar-refractivity contribution < 1.29 is 14.2 Å². The molecule has 0 spiro atoms. The minimum absolute atomic E-state index is 0.110. The van der Waals surface area contributed by atoms with Crippen LogP contribution < -0.4 is 30.6 Å². The van der Waals surface area contributed by atoms with Crippen molar-refractivity contribution in [2.75, 3.05) is 0 Å². The molecule has 0 aliphatic carbocycles. The molecule has 7 aromatic rings. The van der Waals surface area contributed by atoms with Crippen LogP contribution in [0.15, 0.2) is 140 Å². The van der Waals surface area contributed by atoms with E-state index in [9.17, 15) is 0 Å². The highest BCUT2D eigenvalue weighted by Gasteiger charge is 2.40. The minimum atomic E-state index is -0.110. The lowest BCUT2D eigenvalue weighted by atomic mass is 9.34. The molecule has 44 heavy (non-hydrogen) atoms. The Kier molecular flexibility index (Phi) is 5.53. The van der Waals surface area contributed by atoms with Crippen LogP contribution in [0.5, 0.6) is 34.6 Å². The van der Waals surface area contributed by atoms with Gasteiger partial charge in [-0.1, -0.05) is 66.7 Å². The number of benzene rings is 5. The zero-order valence-electron chi connectivity index (χ0n) is 23.5. The fourth-order valence-electron chi connectivity index (χ4n) is 6.27. The number of aromatic nitrogens is 2. The second-order valence-corrected chi connectivity index (χ2v) is 11.0. The quantitative estimate of drug-likeness (QED) is 0.207. The average Bonchev–Trinajstić information content (AvgIpc) is 3.08. The molecule has 0 N–H and O–H groups in total. The largest absolute Gasteiger partial charge is 0.458 e. The van der Waals surface area contributed by atoms with Crippen molar-refractivity contribution in [3.8, 4) is 57.0 Å².